The summed E-state index contributed by atoms with van der Waals surface area (Å²) in [6, 6.07) is 8.12. The quantitative estimate of drug-likeness (QED) is 0.917. The number of nitrogens with zero attached hydrogens (tertiary/aromatic N) is 1. The molecular weight excluding hydrogens is 254 g/mol. The Hall–Kier alpha value is -1.84. The molecule has 3 rings (SSSR count). The van der Waals surface area contributed by atoms with Gasteiger partial charge in [0.1, 0.15) is 0 Å². The first-order valence-electron chi connectivity index (χ1n) is 7.23. The van der Waals surface area contributed by atoms with Crippen LogP contribution in [-0.2, 0) is 16.0 Å². The molecule has 1 unspecified atom stereocenters. The van der Waals surface area contributed by atoms with Gasteiger partial charge >= 0.3 is 5.97 Å². The van der Waals surface area contributed by atoms with E-state index in [-0.39, 0.29) is 24.2 Å². The summed E-state index contributed by atoms with van der Waals surface area (Å²) in [6.45, 7) is 1.41. The molecule has 1 atom stereocenters. The van der Waals surface area contributed by atoms with Gasteiger partial charge in [0.15, 0.2) is 0 Å². The average molecular weight is 273 g/mol. The number of carbonyl (C=O) groups is 2. The van der Waals surface area contributed by atoms with Gasteiger partial charge in [-0.15, -0.1) is 0 Å². The molecule has 4 heteroatoms. The third kappa shape index (κ3) is 2.42. The first-order chi connectivity index (χ1) is 9.65. The van der Waals surface area contributed by atoms with E-state index in [0.29, 0.717) is 13.1 Å². The van der Waals surface area contributed by atoms with Crippen LogP contribution in [0, 0.1) is 5.92 Å². The largest absolute Gasteiger partial charge is 0.481 e. The molecule has 106 valence electrons. The maximum atomic E-state index is 12.5. The van der Waals surface area contributed by atoms with Gasteiger partial charge in [-0.25, -0.2) is 0 Å². The number of fused-ring (bicyclic) bond motifs is 1. The number of aliphatic carboxylic acids is 1. The van der Waals surface area contributed by atoms with E-state index in [4.69, 9.17) is 5.11 Å². The third-order valence-electron chi connectivity index (χ3n) is 4.54. The maximum absolute atomic E-state index is 12.5. The second-order valence-electron chi connectivity index (χ2n) is 5.82. The topological polar surface area (TPSA) is 57.6 Å². The SMILES string of the molecule is O=C(O)CC1CCN(C(=O)C2Cc3ccccc32)CC1. The summed E-state index contributed by atoms with van der Waals surface area (Å²) in [5, 5.41) is 8.80. The highest BCUT2D eigenvalue weighted by atomic mass is 16.4. The van der Waals surface area contributed by atoms with E-state index < -0.39 is 5.97 Å². The van der Waals surface area contributed by atoms with Crippen molar-refractivity contribution in [3.05, 3.63) is 35.4 Å². The van der Waals surface area contributed by atoms with Gasteiger partial charge in [-0.2, -0.15) is 0 Å². The van der Waals surface area contributed by atoms with E-state index in [1.54, 1.807) is 0 Å². The van der Waals surface area contributed by atoms with Crippen LogP contribution < -0.4 is 0 Å². The minimum atomic E-state index is -0.734. The molecule has 1 aliphatic heterocycles. The van der Waals surface area contributed by atoms with Crippen LogP contribution in [-0.4, -0.2) is 35.0 Å². The molecule has 1 heterocycles. The molecule has 1 fully saturated rings. The van der Waals surface area contributed by atoms with E-state index in [9.17, 15) is 9.59 Å². The molecule has 20 heavy (non-hydrogen) atoms. The molecule has 0 saturated carbocycles. The summed E-state index contributed by atoms with van der Waals surface area (Å²) in [7, 11) is 0. The lowest BCUT2D eigenvalue weighted by molar-refractivity contribution is -0.139. The van der Waals surface area contributed by atoms with E-state index in [1.807, 2.05) is 23.1 Å². The second kappa shape index (κ2) is 5.27. The number of hydrogen-bond donors (Lipinski definition) is 1. The van der Waals surface area contributed by atoms with E-state index >= 15 is 0 Å². The number of rotatable bonds is 3. The Morgan fingerprint density at radius 1 is 1.20 bits per heavy atom. The Kier molecular flexibility index (Phi) is 3.47. The number of benzene rings is 1. The molecule has 1 amide bonds. The summed E-state index contributed by atoms with van der Waals surface area (Å²) < 4.78 is 0. The first kappa shape index (κ1) is 13.2. The fraction of sp³-hybridized carbons (Fsp3) is 0.500. The number of piperidine rings is 1. The van der Waals surface area contributed by atoms with Crippen molar-refractivity contribution in [2.24, 2.45) is 5.92 Å². The van der Waals surface area contributed by atoms with Crippen molar-refractivity contribution in [3.8, 4) is 0 Å². The molecule has 4 nitrogen and oxygen atoms in total. The highest BCUT2D eigenvalue weighted by molar-refractivity contribution is 5.87. The zero-order chi connectivity index (χ0) is 14.1. The smallest absolute Gasteiger partial charge is 0.303 e. The summed E-state index contributed by atoms with van der Waals surface area (Å²) in [4.78, 5) is 25.1. The van der Waals surface area contributed by atoms with Crippen LogP contribution >= 0.6 is 0 Å². The molecule has 1 aliphatic carbocycles. The Bertz CT molecular complexity index is 532. The van der Waals surface area contributed by atoms with Crippen LogP contribution in [0.25, 0.3) is 0 Å². The van der Waals surface area contributed by atoms with Gasteiger partial charge in [-0.05, 0) is 36.3 Å². The van der Waals surface area contributed by atoms with Crippen LogP contribution in [0.5, 0.6) is 0 Å². The van der Waals surface area contributed by atoms with Crippen LogP contribution in [0.2, 0.25) is 0 Å². The van der Waals surface area contributed by atoms with Crippen molar-refractivity contribution in [1.82, 2.24) is 4.90 Å². The van der Waals surface area contributed by atoms with Crippen molar-refractivity contribution < 1.29 is 14.7 Å². The van der Waals surface area contributed by atoms with E-state index in [0.717, 1.165) is 19.3 Å². The molecule has 1 aromatic carbocycles. The molecule has 1 N–H and O–H groups in total. The molecule has 1 saturated heterocycles. The van der Waals surface area contributed by atoms with Crippen molar-refractivity contribution in [2.45, 2.75) is 31.6 Å². The van der Waals surface area contributed by atoms with Crippen molar-refractivity contribution in [1.29, 1.82) is 0 Å². The second-order valence-corrected chi connectivity index (χ2v) is 5.82. The Labute approximate surface area is 118 Å². The summed E-state index contributed by atoms with van der Waals surface area (Å²) in [6.07, 6.45) is 2.71. The predicted molar refractivity (Wildman–Crippen MR) is 74.4 cm³/mol. The van der Waals surface area contributed by atoms with Gasteiger partial charge in [0.2, 0.25) is 5.91 Å². The van der Waals surface area contributed by atoms with E-state index in [2.05, 4.69) is 6.07 Å². The normalized spacial score (nSPS) is 22.0. The lowest BCUT2D eigenvalue weighted by Crippen LogP contribution is -2.43. The lowest BCUT2D eigenvalue weighted by Gasteiger charge is -2.37. The molecule has 0 spiro atoms. The summed E-state index contributed by atoms with van der Waals surface area (Å²) in [5.41, 5.74) is 2.46. The number of likely N-dealkylation sites (tertiary alicyclic amines) is 1. The van der Waals surface area contributed by atoms with Crippen molar-refractivity contribution >= 4 is 11.9 Å². The molecule has 2 aliphatic rings. The molecule has 0 radical (unpaired) electrons. The summed E-state index contributed by atoms with van der Waals surface area (Å²) in [5.74, 6) is -0.257. The van der Waals surface area contributed by atoms with Gasteiger partial charge in [-0.3, -0.25) is 9.59 Å². The minimum Gasteiger partial charge on any atom is -0.481 e. The average Bonchev–Trinajstić information content (AvgIpc) is 2.40. The molecule has 1 aromatic rings. The van der Waals surface area contributed by atoms with Gasteiger partial charge in [0.25, 0.3) is 0 Å². The van der Waals surface area contributed by atoms with Crippen LogP contribution in [0.4, 0.5) is 0 Å². The fourth-order valence-corrected chi connectivity index (χ4v) is 3.30. The number of carbonyl (C=O) groups excluding carboxylic acids is 1. The molecule has 0 aromatic heterocycles. The molecular formula is C16H19NO3. The highest BCUT2D eigenvalue weighted by Crippen LogP contribution is 2.37. The van der Waals surface area contributed by atoms with Crippen LogP contribution in [0.3, 0.4) is 0 Å². The fourth-order valence-electron chi connectivity index (χ4n) is 3.30. The molecule has 0 bridgehead atoms. The highest BCUT2D eigenvalue weighted by Gasteiger charge is 2.35. The lowest BCUT2D eigenvalue weighted by atomic mass is 9.76. The first-order valence-corrected chi connectivity index (χ1v) is 7.23. The van der Waals surface area contributed by atoms with Gasteiger partial charge in [-0.1, -0.05) is 24.3 Å². The summed E-state index contributed by atoms with van der Waals surface area (Å²) >= 11 is 0. The number of carboxylic acid groups (broad SMARTS) is 1. The van der Waals surface area contributed by atoms with Crippen molar-refractivity contribution in [3.63, 3.8) is 0 Å². The van der Waals surface area contributed by atoms with Gasteiger partial charge in [0.05, 0.1) is 5.92 Å². The maximum Gasteiger partial charge on any atom is 0.303 e. The number of carboxylic acids is 1. The predicted octanol–water partition coefficient (Wildman–Crippen LogP) is 2.04. The van der Waals surface area contributed by atoms with Crippen molar-refractivity contribution in [2.75, 3.05) is 13.1 Å². The van der Waals surface area contributed by atoms with Gasteiger partial charge in [0, 0.05) is 19.5 Å². The Morgan fingerprint density at radius 3 is 2.55 bits per heavy atom. The van der Waals surface area contributed by atoms with Crippen LogP contribution in [0.15, 0.2) is 24.3 Å². The Morgan fingerprint density at radius 2 is 1.90 bits per heavy atom. The zero-order valence-electron chi connectivity index (χ0n) is 11.4. The van der Waals surface area contributed by atoms with Crippen LogP contribution in [0.1, 0.15) is 36.3 Å². The monoisotopic (exact) mass is 273 g/mol. The van der Waals surface area contributed by atoms with Gasteiger partial charge < -0.3 is 10.0 Å². The standard InChI is InChI=1S/C16H19NO3/c18-15(19)9-11-5-7-17(8-6-11)16(20)14-10-12-3-1-2-4-13(12)14/h1-4,11,14H,5-10H2,(H,18,19). The number of amides is 1. The van der Waals surface area contributed by atoms with E-state index in [1.165, 1.54) is 11.1 Å². The number of hydrogen-bond acceptors (Lipinski definition) is 2. The third-order valence-corrected chi connectivity index (χ3v) is 4.54. The zero-order valence-corrected chi connectivity index (χ0v) is 11.4. The Balaban J connectivity index is 1.57. The minimum absolute atomic E-state index is 0.0298.